The van der Waals surface area contributed by atoms with Crippen molar-refractivity contribution < 1.29 is 4.79 Å². The van der Waals surface area contributed by atoms with E-state index in [1.54, 1.807) is 0 Å². The number of amides is 1. The lowest BCUT2D eigenvalue weighted by molar-refractivity contribution is 0.0951. The molecule has 0 atom stereocenters. The van der Waals surface area contributed by atoms with Crippen LogP contribution in [0, 0.1) is 0 Å². The number of hydrogen-bond donors (Lipinski definition) is 2. The summed E-state index contributed by atoms with van der Waals surface area (Å²) in [6.07, 6.45) is 10.1. The first-order valence-electron chi connectivity index (χ1n) is 7.99. The fourth-order valence-corrected chi connectivity index (χ4v) is 2.91. The van der Waals surface area contributed by atoms with Gasteiger partial charge < -0.3 is 10.6 Å². The molecule has 2 N–H and O–H groups in total. The Bertz CT molecular complexity index is 460. The first kappa shape index (κ1) is 13.5. The Labute approximate surface area is 121 Å². The lowest BCUT2D eigenvalue weighted by Gasteiger charge is -2.18. The number of anilines is 1. The third-order valence-corrected chi connectivity index (χ3v) is 4.26. The van der Waals surface area contributed by atoms with Crippen LogP contribution >= 0.6 is 0 Å². The van der Waals surface area contributed by atoms with Gasteiger partial charge in [0.2, 0.25) is 0 Å². The van der Waals surface area contributed by atoms with Crippen molar-refractivity contribution >= 4 is 11.6 Å². The molecule has 2 fully saturated rings. The molecule has 1 amide bonds. The van der Waals surface area contributed by atoms with Gasteiger partial charge in [-0.05, 0) is 43.9 Å². The molecule has 0 heterocycles. The van der Waals surface area contributed by atoms with Crippen molar-refractivity contribution in [3.05, 3.63) is 29.8 Å². The van der Waals surface area contributed by atoms with Gasteiger partial charge in [-0.3, -0.25) is 4.79 Å². The van der Waals surface area contributed by atoms with Gasteiger partial charge in [0.05, 0.1) is 0 Å². The first-order valence-corrected chi connectivity index (χ1v) is 7.99. The summed E-state index contributed by atoms with van der Waals surface area (Å²) in [7, 11) is 0. The van der Waals surface area contributed by atoms with Crippen LogP contribution < -0.4 is 10.6 Å². The Hall–Kier alpha value is -1.51. The van der Waals surface area contributed by atoms with Crippen LogP contribution in [0.15, 0.2) is 24.3 Å². The molecule has 0 unspecified atom stereocenters. The highest BCUT2D eigenvalue weighted by atomic mass is 16.1. The van der Waals surface area contributed by atoms with Crippen molar-refractivity contribution in [1.82, 2.24) is 5.32 Å². The number of hydrogen-bond acceptors (Lipinski definition) is 2. The average Bonchev–Trinajstić information content (AvgIpc) is 3.27. The fraction of sp³-hybridized carbons (Fsp3) is 0.588. The second-order valence-electron chi connectivity index (χ2n) is 6.16. The maximum absolute atomic E-state index is 12.1. The van der Waals surface area contributed by atoms with E-state index >= 15 is 0 Å². The van der Waals surface area contributed by atoms with Crippen molar-refractivity contribution in [2.75, 3.05) is 5.32 Å². The Morgan fingerprint density at radius 1 is 0.950 bits per heavy atom. The number of benzene rings is 1. The van der Waals surface area contributed by atoms with Gasteiger partial charge in [-0.1, -0.05) is 31.7 Å². The summed E-state index contributed by atoms with van der Waals surface area (Å²) in [5, 5.41) is 6.65. The Kier molecular flexibility index (Phi) is 4.24. The van der Waals surface area contributed by atoms with E-state index in [0.29, 0.717) is 12.1 Å². The summed E-state index contributed by atoms with van der Waals surface area (Å²) in [6, 6.07) is 8.92. The van der Waals surface area contributed by atoms with Crippen molar-refractivity contribution in [3.63, 3.8) is 0 Å². The second-order valence-corrected chi connectivity index (χ2v) is 6.16. The highest BCUT2D eigenvalue weighted by molar-refractivity contribution is 5.95. The van der Waals surface area contributed by atoms with Crippen molar-refractivity contribution in [2.45, 2.75) is 63.5 Å². The minimum Gasteiger partial charge on any atom is -0.382 e. The molecule has 3 rings (SSSR count). The summed E-state index contributed by atoms with van der Waals surface area (Å²) in [6.45, 7) is 0. The Morgan fingerprint density at radius 3 is 2.40 bits per heavy atom. The van der Waals surface area contributed by atoms with Gasteiger partial charge in [0.15, 0.2) is 0 Å². The molecule has 0 bridgehead atoms. The maximum atomic E-state index is 12.1. The van der Waals surface area contributed by atoms with Crippen LogP contribution in [-0.4, -0.2) is 18.0 Å². The van der Waals surface area contributed by atoms with E-state index in [0.717, 1.165) is 24.1 Å². The molecule has 20 heavy (non-hydrogen) atoms. The molecule has 2 saturated carbocycles. The van der Waals surface area contributed by atoms with Crippen LogP contribution in [0.4, 0.5) is 5.69 Å². The zero-order valence-corrected chi connectivity index (χ0v) is 12.0. The molecule has 3 heteroatoms. The second kappa shape index (κ2) is 6.29. The average molecular weight is 272 g/mol. The van der Waals surface area contributed by atoms with Gasteiger partial charge in [-0.2, -0.15) is 0 Å². The molecule has 2 aliphatic rings. The van der Waals surface area contributed by atoms with Gasteiger partial charge in [-0.25, -0.2) is 0 Å². The van der Waals surface area contributed by atoms with Crippen LogP contribution in [-0.2, 0) is 0 Å². The highest BCUT2D eigenvalue weighted by Crippen LogP contribution is 2.22. The summed E-state index contributed by atoms with van der Waals surface area (Å²) in [5.41, 5.74) is 1.86. The topological polar surface area (TPSA) is 41.1 Å². The van der Waals surface area contributed by atoms with Gasteiger partial charge >= 0.3 is 0 Å². The molecular weight excluding hydrogens is 248 g/mol. The molecule has 108 valence electrons. The summed E-state index contributed by atoms with van der Waals surface area (Å²) >= 11 is 0. The molecule has 3 nitrogen and oxygen atoms in total. The number of carbonyl (C=O) groups is 1. The van der Waals surface area contributed by atoms with Crippen molar-refractivity contribution in [2.24, 2.45) is 0 Å². The third-order valence-electron chi connectivity index (χ3n) is 4.26. The lowest BCUT2D eigenvalue weighted by Crippen LogP contribution is -2.25. The molecule has 0 spiro atoms. The van der Waals surface area contributed by atoms with E-state index in [4.69, 9.17) is 0 Å². The van der Waals surface area contributed by atoms with E-state index < -0.39 is 0 Å². The monoisotopic (exact) mass is 272 g/mol. The van der Waals surface area contributed by atoms with E-state index in [2.05, 4.69) is 16.7 Å². The van der Waals surface area contributed by atoms with Crippen LogP contribution in [0.25, 0.3) is 0 Å². The molecule has 2 aliphatic carbocycles. The summed E-state index contributed by atoms with van der Waals surface area (Å²) in [4.78, 5) is 12.1. The van der Waals surface area contributed by atoms with Gasteiger partial charge in [0.1, 0.15) is 0 Å². The SMILES string of the molecule is O=C(NC1CC1)c1cccc(NC2CCCCCC2)c1. The normalized spacial score (nSPS) is 20.2. The molecule has 1 aromatic rings. The lowest BCUT2D eigenvalue weighted by atomic mass is 10.1. The Balaban J connectivity index is 1.62. The molecule has 1 aromatic carbocycles. The molecule has 0 aromatic heterocycles. The molecule has 0 radical (unpaired) electrons. The molecule has 0 aliphatic heterocycles. The van der Waals surface area contributed by atoms with Crippen LogP contribution in [0.2, 0.25) is 0 Å². The molecule has 0 saturated heterocycles. The number of carbonyl (C=O) groups excluding carboxylic acids is 1. The fourth-order valence-electron chi connectivity index (χ4n) is 2.91. The summed E-state index contributed by atoms with van der Waals surface area (Å²) in [5.74, 6) is 0.0667. The zero-order chi connectivity index (χ0) is 13.8. The van der Waals surface area contributed by atoms with Gasteiger partial charge in [0, 0.05) is 23.3 Å². The van der Waals surface area contributed by atoms with E-state index in [-0.39, 0.29) is 5.91 Å². The van der Waals surface area contributed by atoms with Crippen molar-refractivity contribution in [1.29, 1.82) is 0 Å². The quantitative estimate of drug-likeness (QED) is 0.820. The van der Waals surface area contributed by atoms with Gasteiger partial charge in [0.25, 0.3) is 5.91 Å². The van der Waals surface area contributed by atoms with Gasteiger partial charge in [-0.15, -0.1) is 0 Å². The predicted molar refractivity (Wildman–Crippen MR) is 82.0 cm³/mol. The molecular formula is C17H24N2O. The van der Waals surface area contributed by atoms with E-state index in [9.17, 15) is 4.79 Å². The summed E-state index contributed by atoms with van der Waals surface area (Å²) < 4.78 is 0. The minimum absolute atomic E-state index is 0.0667. The standard InChI is InChI=1S/C17H24N2O/c20-17(19-15-10-11-15)13-6-5-9-16(12-13)18-14-7-3-1-2-4-8-14/h5-6,9,12,14-15,18H,1-4,7-8,10-11H2,(H,19,20). The largest absolute Gasteiger partial charge is 0.382 e. The highest BCUT2D eigenvalue weighted by Gasteiger charge is 2.23. The van der Waals surface area contributed by atoms with E-state index in [1.165, 1.54) is 38.5 Å². The Morgan fingerprint density at radius 2 is 1.70 bits per heavy atom. The predicted octanol–water partition coefficient (Wildman–Crippen LogP) is 3.71. The zero-order valence-electron chi connectivity index (χ0n) is 12.0. The first-order chi connectivity index (χ1) is 9.81. The maximum Gasteiger partial charge on any atom is 0.251 e. The number of rotatable bonds is 4. The third kappa shape index (κ3) is 3.75. The van der Waals surface area contributed by atoms with Crippen molar-refractivity contribution in [3.8, 4) is 0 Å². The van der Waals surface area contributed by atoms with Crippen LogP contribution in [0.5, 0.6) is 0 Å². The van der Waals surface area contributed by atoms with Crippen LogP contribution in [0.3, 0.4) is 0 Å². The minimum atomic E-state index is 0.0667. The smallest absolute Gasteiger partial charge is 0.251 e. The van der Waals surface area contributed by atoms with Crippen LogP contribution in [0.1, 0.15) is 61.7 Å². The number of nitrogens with one attached hydrogen (secondary N) is 2. The van der Waals surface area contributed by atoms with E-state index in [1.807, 2.05) is 18.2 Å².